The molecule has 2 heterocycles. The van der Waals surface area contributed by atoms with Gasteiger partial charge in [0.15, 0.2) is 0 Å². The van der Waals surface area contributed by atoms with Gasteiger partial charge in [0.25, 0.3) is 0 Å². The fraction of sp³-hybridized carbons (Fsp3) is 0.333. The van der Waals surface area contributed by atoms with Crippen LogP contribution in [0.15, 0.2) is 36.7 Å². The summed E-state index contributed by atoms with van der Waals surface area (Å²) in [5.41, 5.74) is 1.12. The van der Waals surface area contributed by atoms with Gasteiger partial charge in [-0.15, -0.1) is 0 Å². The third kappa shape index (κ3) is 3.08. The van der Waals surface area contributed by atoms with E-state index in [1.165, 1.54) is 0 Å². The van der Waals surface area contributed by atoms with E-state index in [2.05, 4.69) is 4.98 Å². The minimum atomic E-state index is -3.68. The molecule has 1 aliphatic rings. The van der Waals surface area contributed by atoms with Crippen LogP contribution in [0.1, 0.15) is 12.0 Å². The largest absolute Gasteiger partial charge is 0.341 e. The second kappa shape index (κ2) is 5.85. The highest BCUT2D eigenvalue weighted by molar-refractivity contribution is 8.14. The van der Waals surface area contributed by atoms with Crippen LogP contribution < -0.4 is 0 Å². The lowest BCUT2D eigenvalue weighted by molar-refractivity contribution is -0.127. The molecule has 0 aliphatic carbocycles. The van der Waals surface area contributed by atoms with Crippen LogP contribution in [0, 0.1) is 0 Å². The lowest BCUT2D eigenvalue weighted by atomic mass is 10.0. The summed E-state index contributed by atoms with van der Waals surface area (Å²) in [6, 6.07) is 7.90. The zero-order valence-electron chi connectivity index (χ0n) is 11.8. The SMILES string of the molecule is O=C1CC(S(=O)(=O)Cl)CN1CCc1cccc2cnccc12. The molecular formula is C15H15ClN2O3S. The van der Waals surface area contributed by atoms with E-state index in [0.717, 1.165) is 16.3 Å². The van der Waals surface area contributed by atoms with Crippen molar-refractivity contribution in [2.75, 3.05) is 13.1 Å². The van der Waals surface area contributed by atoms with Gasteiger partial charge in [-0.2, -0.15) is 0 Å². The number of likely N-dealkylation sites (tertiary alicyclic amines) is 1. The summed E-state index contributed by atoms with van der Waals surface area (Å²) < 4.78 is 22.7. The van der Waals surface area contributed by atoms with E-state index >= 15 is 0 Å². The minimum absolute atomic E-state index is 0.0225. The average Bonchev–Trinajstić information content (AvgIpc) is 2.86. The van der Waals surface area contributed by atoms with Gasteiger partial charge in [0.2, 0.25) is 15.0 Å². The van der Waals surface area contributed by atoms with Crippen molar-refractivity contribution in [1.29, 1.82) is 0 Å². The molecule has 1 unspecified atom stereocenters. The molecule has 1 amide bonds. The number of fused-ring (bicyclic) bond motifs is 1. The number of halogens is 1. The average molecular weight is 339 g/mol. The minimum Gasteiger partial charge on any atom is -0.341 e. The number of benzene rings is 1. The Labute approximate surface area is 133 Å². The van der Waals surface area contributed by atoms with Crippen molar-refractivity contribution in [2.45, 2.75) is 18.1 Å². The molecule has 1 saturated heterocycles. The van der Waals surface area contributed by atoms with Crippen LogP contribution in [-0.4, -0.2) is 42.5 Å². The maximum absolute atomic E-state index is 11.9. The van der Waals surface area contributed by atoms with Gasteiger partial charge < -0.3 is 4.90 Å². The van der Waals surface area contributed by atoms with Crippen LogP contribution in [0.4, 0.5) is 0 Å². The van der Waals surface area contributed by atoms with Gasteiger partial charge in [0.05, 0.1) is 0 Å². The number of hydrogen-bond donors (Lipinski definition) is 0. The van der Waals surface area contributed by atoms with Crippen molar-refractivity contribution in [2.24, 2.45) is 0 Å². The van der Waals surface area contributed by atoms with Crippen molar-refractivity contribution in [3.8, 4) is 0 Å². The summed E-state index contributed by atoms with van der Waals surface area (Å²) in [5.74, 6) is -0.156. The predicted octanol–water partition coefficient (Wildman–Crippen LogP) is 1.95. The number of aromatic nitrogens is 1. The Bertz CT molecular complexity index is 817. The molecule has 1 aromatic heterocycles. The Morgan fingerprint density at radius 2 is 2.14 bits per heavy atom. The lowest BCUT2D eigenvalue weighted by Gasteiger charge is -2.16. The van der Waals surface area contributed by atoms with Crippen molar-refractivity contribution in [1.82, 2.24) is 9.88 Å². The molecule has 1 aliphatic heterocycles. The molecule has 1 aromatic carbocycles. The Kier molecular flexibility index (Phi) is 4.06. The zero-order valence-corrected chi connectivity index (χ0v) is 13.3. The number of pyridine rings is 1. The van der Waals surface area contributed by atoms with E-state index in [4.69, 9.17) is 10.7 Å². The molecule has 1 atom stereocenters. The maximum atomic E-state index is 11.9. The van der Waals surface area contributed by atoms with E-state index in [9.17, 15) is 13.2 Å². The topological polar surface area (TPSA) is 67.3 Å². The van der Waals surface area contributed by atoms with Gasteiger partial charge in [-0.25, -0.2) is 8.42 Å². The van der Waals surface area contributed by atoms with Crippen molar-refractivity contribution >= 4 is 36.4 Å². The summed E-state index contributed by atoms with van der Waals surface area (Å²) in [4.78, 5) is 17.6. The summed E-state index contributed by atoms with van der Waals surface area (Å²) in [6.45, 7) is 0.667. The molecule has 3 rings (SSSR count). The molecule has 116 valence electrons. The van der Waals surface area contributed by atoms with E-state index in [0.29, 0.717) is 13.0 Å². The highest BCUT2D eigenvalue weighted by Gasteiger charge is 2.36. The molecule has 1 fully saturated rings. The molecule has 7 heteroatoms. The first kappa shape index (κ1) is 15.2. The van der Waals surface area contributed by atoms with E-state index < -0.39 is 14.3 Å². The van der Waals surface area contributed by atoms with Crippen LogP contribution in [-0.2, 0) is 20.3 Å². The molecular weight excluding hydrogens is 324 g/mol. The molecule has 5 nitrogen and oxygen atoms in total. The first-order chi connectivity index (χ1) is 10.4. The fourth-order valence-corrected chi connectivity index (χ4v) is 3.86. The first-order valence-corrected chi connectivity index (χ1v) is 9.35. The van der Waals surface area contributed by atoms with Gasteiger partial charge in [-0.05, 0) is 23.4 Å². The fourth-order valence-electron chi connectivity index (χ4n) is 2.80. The van der Waals surface area contributed by atoms with E-state index in [-0.39, 0.29) is 18.9 Å². The molecule has 0 N–H and O–H groups in total. The Balaban J connectivity index is 1.74. The molecule has 0 saturated carbocycles. The number of carbonyl (C=O) groups excluding carboxylic acids is 1. The van der Waals surface area contributed by atoms with Gasteiger partial charge in [-0.1, -0.05) is 18.2 Å². The maximum Gasteiger partial charge on any atom is 0.237 e. The van der Waals surface area contributed by atoms with Crippen LogP contribution in [0.2, 0.25) is 0 Å². The zero-order chi connectivity index (χ0) is 15.7. The summed E-state index contributed by atoms with van der Waals surface area (Å²) in [5, 5.41) is 1.36. The molecule has 0 bridgehead atoms. The monoisotopic (exact) mass is 338 g/mol. The smallest absolute Gasteiger partial charge is 0.237 e. The van der Waals surface area contributed by atoms with Crippen LogP contribution in [0.5, 0.6) is 0 Å². The van der Waals surface area contributed by atoms with Crippen LogP contribution in [0.3, 0.4) is 0 Å². The highest BCUT2D eigenvalue weighted by atomic mass is 35.7. The number of rotatable bonds is 4. The summed E-state index contributed by atoms with van der Waals surface area (Å²) in [6.07, 6.45) is 4.19. The molecule has 0 spiro atoms. The number of hydrogen-bond acceptors (Lipinski definition) is 4. The Hall–Kier alpha value is -1.66. The van der Waals surface area contributed by atoms with Crippen molar-refractivity contribution in [3.05, 3.63) is 42.2 Å². The van der Waals surface area contributed by atoms with Crippen molar-refractivity contribution in [3.63, 3.8) is 0 Å². The molecule has 0 radical (unpaired) electrons. The number of carbonyl (C=O) groups is 1. The number of amides is 1. The second-order valence-electron chi connectivity index (χ2n) is 5.41. The van der Waals surface area contributed by atoms with Gasteiger partial charge in [0.1, 0.15) is 5.25 Å². The standard InChI is InChI=1S/C15H15ClN2O3S/c16-22(20,21)13-8-15(19)18(10-13)7-5-11-2-1-3-12-9-17-6-4-14(11)12/h1-4,6,9,13H,5,7-8,10H2. The van der Waals surface area contributed by atoms with Gasteiger partial charge in [0, 0.05) is 48.0 Å². The van der Waals surface area contributed by atoms with Crippen LogP contribution >= 0.6 is 10.7 Å². The third-order valence-corrected chi connectivity index (χ3v) is 5.87. The number of nitrogens with zero attached hydrogens (tertiary/aromatic N) is 2. The summed E-state index contributed by atoms with van der Waals surface area (Å²) in [7, 11) is 1.67. The normalized spacial score (nSPS) is 19.0. The van der Waals surface area contributed by atoms with Gasteiger partial charge >= 0.3 is 0 Å². The predicted molar refractivity (Wildman–Crippen MR) is 85.2 cm³/mol. The molecule has 2 aromatic rings. The van der Waals surface area contributed by atoms with Crippen molar-refractivity contribution < 1.29 is 13.2 Å². The van der Waals surface area contributed by atoms with E-state index in [1.807, 2.05) is 24.3 Å². The summed E-state index contributed by atoms with van der Waals surface area (Å²) >= 11 is 0. The first-order valence-electron chi connectivity index (χ1n) is 6.98. The van der Waals surface area contributed by atoms with E-state index in [1.54, 1.807) is 17.3 Å². The van der Waals surface area contributed by atoms with Gasteiger partial charge in [-0.3, -0.25) is 9.78 Å². The highest BCUT2D eigenvalue weighted by Crippen LogP contribution is 2.23. The Morgan fingerprint density at radius 1 is 1.32 bits per heavy atom. The second-order valence-corrected chi connectivity index (χ2v) is 8.31. The Morgan fingerprint density at radius 3 is 2.86 bits per heavy atom. The quantitative estimate of drug-likeness (QED) is 0.799. The van der Waals surface area contributed by atoms with Crippen LogP contribution in [0.25, 0.3) is 10.8 Å². The third-order valence-electron chi connectivity index (χ3n) is 4.00. The lowest BCUT2D eigenvalue weighted by Crippen LogP contribution is -2.29. The molecule has 22 heavy (non-hydrogen) atoms.